The van der Waals surface area contributed by atoms with Gasteiger partial charge >= 0.3 is 0 Å². The molecule has 4 rings (SSSR count). The van der Waals surface area contributed by atoms with Gasteiger partial charge in [0.05, 0.1) is 5.75 Å². The number of hydrogen-bond acceptors (Lipinski definition) is 8. The topological polar surface area (TPSA) is 74.8 Å². The Labute approximate surface area is 216 Å². The van der Waals surface area contributed by atoms with Gasteiger partial charge in [-0.25, -0.2) is 16.8 Å². The summed E-state index contributed by atoms with van der Waals surface area (Å²) in [6.45, 7) is 0.976. The van der Waals surface area contributed by atoms with Crippen molar-refractivity contribution >= 4 is 65.4 Å². The third kappa shape index (κ3) is 6.64. The summed E-state index contributed by atoms with van der Waals surface area (Å²) >= 11 is 5.70. The Morgan fingerprint density at radius 3 is 1.53 bits per heavy atom. The van der Waals surface area contributed by atoms with E-state index in [0.717, 1.165) is 14.6 Å². The van der Waals surface area contributed by atoms with E-state index in [-0.39, 0.29) is 29.5 Å². The van der Waals surface area contributed by atoms with E-state index in [9.17, 15) is 16.8 Å². The number of nitrogens with zero attached hydrogens (tertiary/aromatic N) is 2. The average molecular weight is 573 g/mol. The molecule has 0 N–H and O–H groups in total. The Balaban J connectivity index is 1.48. The molecule has 0 aliphatic heterocycles. The van der Waals surface area contributed by atoms with Crippen molar-refractivity contribution in [2.24, 2.45) is 0 Å². The Kier molecular flexibility index (Phi) is 8.75. The normalized spacial score (nSPS) is 12.6. The number of hydrogen-bond donors (Lipinski definition) is 0. The molecule has 0 saturated heterocycles. The summed E-state index contributed by atoms with van der Waals surface area (Å²) in [5, 5.41) is 7.50. The van der Waals surface area contributed by atoms with E-state index < -0.39 is 20.0 Å². The fourth-order valence-corrected chi connectivity index (χ4v) is 9.78. The van der Waals surface area contributed by atoms with Crippen LogP contribution in [0, 0.1) is 0 Å². The molecule has 4 aromatic rings. The smallest absolute Gasteiger partial charge is 0.212 e. The molecule has 34 heavy (non-hydrogen) atoms. The third-order valence-corrected chi connectivity index (χ3v) is 12.7. The Hall–Kier alpha value is -1.38. The van der Waals surface area contributed by atoms with Gasteiger partial charge in [0.2, 0.25) is 10.0 Å². The van der Waals surface area contributed by atoms with Crippen LogP contribution >= 0.6 is 45.3 Å². The molecule has 4 heterocycles. The highest BCUT2D eigenvalue weighted by atomic mass is 32.2. The molecule has 0 bridgehead atoms. The van der Waals surface area contributed by atoms with Gasteiger partial charge in [-0.15, -0.1) is 45.3 Å². The van der Waals surface area contributed by atoms with Crippen LogP contribution in [-0.4, -0.2) is 37.7 Å². The first-order chi connectivity index (χ1) is 16.3. The lowest BCUT2D eigenvalue weighted by Crippen LogP contribution is -2.35. The van der Waals surface area contributed by atoms with Crippen molar-refractivity contribution in [3.8, 4) is 0 Å². The summed E-state index contributed by atoms with van der Waals surface area (Å²) in [7, 11) is -7.30. The van der Waals surface area contributed by atoms with Gasteiger partial charge < -0.3 is 0 Å². The van der Waals surface area contributed by atoms with Crippen molar-refractivity contribution < 1.29 is 16.8 Å². The van der Waals surface area contributed by atoms with Gasteiger partial charge in [-0.1, -0.05) is 24.3 Å². The monoisotopic (exact) mass is 572 g/mol. The fourth-order valence-electron chi connectivity index (χ4n) is 3.36. The molecule has 0 saturated carbocycles. The molecule has 0 unspecified atom stereocenters. The Morgan fingerprint density at radius 2 is 1.09 bits per heavy atom. The lowest BCUT2D eigenvalue weighted by molar-refractivity contribution is 0.392. The van der Waals surface area contributed by atoms with E-state index in [0.29, 0.717) is 13.1 Å². The molecule has 0 aliphatic rings. The second kappa shape index (κ2) is 11.6. The second-order valence-electron chi connectivity index (χ2n) is 7.45. The number of sulfonamides is 2. The molecule has 0 amide bonds. The zero-order chi connectivity index (χ0) is 24.0. The van der Waals surface area contributed by atoms with Crippen molar-refractivity contribution in [3.05, 3.63) is 84.7 Å². The van der Waals surface area contributed by atoms with E-state index in [1.807, 2.05) is 52.5 Å². The summed E-state index contributed by atoms with van der Waals surface area (Å²) in [6.07, 6.45) is 0.212. The minimum Gasteiger partial charge on any atom is -0.212 e. The van der Waals surface area contributed by atoms with Crippen molar-refractivity contribution in [3.63, 3.8) is 0 Å². The molecule has 182 valence electrons. The van der Waals surface area contributed by atoms with Crippen LogP contribution in [0.15, 0.2) is 74.3 Å². The zero-order valence-corrected chi connectivity index (χ0v) is 23.0. The highest BCUT2D eigenvalue weighted by Gasteiger charge is 2.28. The first kappa shape index (κ1) is 25.7. The highest BCUT2D eigenvalue weighted by Crippen LogP contribution is 2.25. The SMILES string of the molecule is O=S(=O)(CCCN(Cc1cccs1)S(=O)(=O)c1cccs1)N(Cc1cccs1)Cc1cccs1. The quantitative estimate of drug-likeness (QED) is 0.211. The van der Waals surface area contributed by atoms with E-state index in [4.69, 9.17) is 0 Å². The summed E-state index contributed by atoms with van der Waals surface area (Å²) in [4.78, 5) is 2.86. The first-order valence-electron chi connectivity index (χ1n) is 10.4. The molecule has 4 aromatic heterocycles. The minimum absolute atomic E-state index is 0.120. The third-order valence-electron chi connectivity index (χ3n) is 5.03. The molecule has 12 heteroatoms. The van der Waals surface area contributed by atoms with Crippen LogP contribution in [0.2, 0.25) is 0 Å². The lowest BCUT2D eigenvalue weighted by atomic mass is 10.4. The Bertz CT molecular complexity index is 1290. The molecular formula is C22H24N2O4S6. The van der Waals surface area contributed by atoms with Crippen LogP contribution in [0.1, 0.15) is 21.1 Å². The maximum atomic E-state index is 13.3. The van der Waals surface area contributed by atoms with Crippen molar-refractivity contribution in [2.75, 3.05) is 12.3 Å². The van der Waals surface area contributed by atoms with Crippen LogP contribution in [0.3, 0.4) is 0 Å². The maximum absolute atomic E-state index is 13.3. The van der Waals surface area contributed by atoms with Gasteiger partial charge in [-0.05, 0) is 52.2 Å². The maximum Gasteiger partial charge on any atom is 0.252 e. The fraction of sp³-hybridized carbons (Fsp3) is 0.273. The molecule has 0 radical (unpaired) electrons. The summed E-state index contributed by atoms with van der Waals surface area (Å²) in [6, 6.07) is 14.7. The molecule has 0 aliphatic carbocycles. The van der Waals surface area contributed by atoms with Gasteiger partial charge in [0.15, 0.2) is 0 Å². The van der Waals surface area contributed by atoms with Crippen molar-refractivity contribution in [1.82, 2.24) is 8.61 Å². The van der Waals surface area contributed by atoms with E-state index in [1.54, 1.807) is 17.5 Å². The minimum atomic E-state index is -3.70. The van der Waals surface area contributed by atoms with Crippen LogP contribution in [0.4, 0.5) is 0 Å². The van der Waals surface area contributed by atoms with Crippen LogP contribution in [0.5, 0.6) is 0 Å². The van der Waals surface area contributed by atoms with Crippen LogP contribution in [-0.2, 0) is 39.7 Å². The average Bonchev–Trinajstić information content (AvgIpc) is 3.61. The highest BCUT2D eigenvalue weighted by molar-refractivity contribution is 7.91. The van der Waals surface area contributed by atoms with Gasteiger partial charge in [0, 0.05) is 40.8 Å². The molecule has 0 atom stereocenters. The van der Waals surface area contributed by atoms with Crippen molar-refractivity contribution in [2.45, 2.75) is 30.3 Å². The largest absolute Gasteiger partial charge is 0.252 e. The second-order valence-corrected chi connectivity index (χ2v) is 15.7. The summed E-state index contributed by atoms with van der Waals surface area (Å²) in [5.41, 5.74) is 0. The summed E-state index contributed by atoms with van der Waals surface area (Å²) < 4.78 is 56.3. The number of thiophene rings is 4. The Morgan fingerprint density at radius 1 is 0.618 bits per heavy atom. The first-order valence-corrected chi connectivity index (χ1v) is 17.0. The standard InChI is InChI=1S/C22H24N2O4S6/c25-33(26,24(17-20-7-2-12-30-20)18-21-8-3-13-31-21)15-5-10-23(16-19-6-1-11-29-19)34(27,28)22-9-4-14-32-22/h1-4,6-9,11-14H,5,10,15-18H2. The predicted octanol–water partition coefficient (Wildman–Crippen LogP) is 5.55. The van der Waals surface area contributed by atoms with E-state index >= 15 is 0 Å². The van der Waals surface area contributed by atoms with E-state index in [2.05, 4.69) is 0 Å². The molecule has 0 spiro atoms. The lowest BCUT2D eigenvalue weighted by Gasteiger charge is -2.23. The van der Waals surface area contributed by atoms with Crippen LogP contribution in [0.25, 0.3) is 0 Å². The van der Waals surface area contributed by atoms with Crippen molar-refractivity contribution in [1.29, 1.82) is 0 Å². The summed E-state index contributed by atoms with van der Waals surface area (Å²) in [5.74, 6) is -0.120. The number of rotatable bonds is 13. The molecular weight excluding hydrogens is 549 g/mol. The van der Waals surface area contributed by atoms with Gasteiger partial charge in [-0.3, -0.25) is 0 Å². The van der Waals surface area contributed by atoms with Crippen LogP contribution < -0.4 is 0 Å². The zero-order valence-electron chi connectivity index (χ0n) is 18.1. The van der Waals surface area contributed by atoms with Gasteiger partial charge in [0.25, 0.3) is 10.0 Å². The molecule has 0 fully saturated rings. The molecule has 0 aromatic carbocycles. The van der Waals surface area contributed by atoms with Gasteiger partial charge in [0.1, 0.15) is 4.21 Å². The van der Waals surface area contributed by atoms with E-state index in [1.165, 1.54) is 54.0 Å². The molecule has 6 nitrogen and oxygen atoms in total. The predicted molar refractivity (Wildman–Crippen MR) is 143 cm³/mol. The van der Waals surface area contributed by atoms with Gasteiger partial charge in [-0.2, -0.15) is 8.61 Å².